The molecule has 0 unspecified atom stereocenters. The van der Waals surface area contributed by atoms with Gasteiger partial charge < -0.3 is 9.88 Å². The molecule has 15 heavy (non-hydrogen) atoms. The van der Waals surface area contributed by atoms with Crippen molar-refractivity contribution in [3.8, 4) is 0 Å². The molecule has 0 aliphatic rings. The quantitative estimate of drug-likeness (QED) is 0.789. The van der Waals surface area contributed by atoms with Crippen LogP contribution in [-0.4, -0.2) is 17.0 Å². The molecule has 0 saturated heterocycles. The number of rotatable bonds is 5. The molecule has 0 atom stereocenters. The first-order valence-corrected chi connectivity index (χ1v) is 5.54. The molecule has 0 aromatic carbocycles. The smallest absolute Gasteiger partial charge is 0.220 e. The highest BCUT2D eigenvalue weighted by Crippen LogP contribution is 2.05. The van der Waals surface area contributed by atoms with Crippen molar-refractivity contribution in [2.24, 2.45) is 0 Å². The fourth-order valence-corrected chi connectivity index (χ4v) is 1.67. The Labute approximate surface area is 91.5 Å². The second-order valence-corrected chi connectivity index (χ2v) is 3.87. The lowest BCUT2D eigenvalue weighted by atomic mass is 10.3. The lowest BCUT2D eigenvalue weighted by Crippen LogP contribution is -2.27. The predicted molar refractivity (Wildman–Crippen MR) is 61.8 cm³/mol. The highest BCUT2D eigenvalue weighted by atomic mass is 16.1. The van der Waals surface area contributed by atoms with Crippen LogP contribution in [0.2, 0.25) is 0 Å². The van der Waals surface area contributed by atoms with Crippen molar-refractivity contribution in [3.63, 3.8) is 0 Å². The number of hydrogen-bond acceptors (Lipinski definition) is 1. The van der Waals surface area contributed by atoms with Crippen molar-refractivity contribution in [1.82, 2.24) is 9.88 Å². The largest absolute Gasteiger partial charge is 0.354 e. The molecule has 3 heteroatoms. The van der Waals surface area contributed by atoms with Crippen LogP contribution in [0.1, 0.15) is 31.2 Å². The summed E-state index contributed by atoms with van der Waals surface area (Å²) in [5.41, 5.74) is 2.49. The molecule has 1 heterocycles. The van der Waals surface area contributed by atoms with E-state index in [1.807, 2.05) is 6.92 Å². The summed E-state index contributed by atoms with van der Waals surface area (Å²) in [6.45, 7) is 7.76. The van der Waals surface area contributed by atoms with Crippen LogP contribution in [0, 0.1) is 13.8 Å². The molecule has 1 N–H and O–H groups in total. The first-order chi connectivity index (χ1) is 7.15. The zero-order chi connectivity index (χ0) is 11.3. The zero-order valence-electron chi connectivity index (χ0n) is 9.84. The Morgan fingerprint density at radius 2 is 1.93 bits per heavy atom. The van der Waals surface area contributed by atoms with Crippen molar-refractivity contribution < 1.29 is 4.79 Å². The van der Waals surface area contributed by atoms with Crippen LogP contribution in [0.3, 0.4) is 0 Å². The first-order valence-electron chi connectivity index (χ1n) is 5.54. The molecular weight excluding hydrogens is 188 g/mol. The number of nitrogens with one attached hydrogen (secondary N) is 1. The predicted octanol–water partition coefficient (Wildman–Crippen LogP) is 2.02. The molecule has 3 nitrogen and oxygen atoms in total. The van der Waals surface area contributed by atoms with Crippen LogP contribution in [0.4, 0.5) is 0 Å². The van der Waals surface area contributed by atoms with Gasteiger partial charge in [-0.1, -0.05) is 6.92 Å². The Hall–Kier alpha value is -1.25. The van der Waals surface area contributed by atoms with E-state index in [2.05, 4.69) is 35.9 Å². The lowest BCUT2D eigenvalue weighted by molar-refractivity contribution is -0.121. The van der Waals surface area contributed by atoms with E-state index in [0.717, 1.165) is 19.5 Å². The van der Waals surface area contributed by atoms with Crippen LogP contribution < -0.4 is 5.32 Å². The van der Waals surface area contributed by atoms with Crippen molar-refractivity contribution in [1.29, 1.82) is 0 Å². The summed E-state index contributed by atoms with van der Waals surface area (Å²) in [5, 5.41) is 2.92. The SMILES string of the molecule is CCCC(=O)NCCn1c(C)ccc1C. The van der Waals surface area contributed by atoms with E-state index in [-0.39, 0.29) is 5.91 Å². The molecular formula is C12H20N2O. The molecule has 0 saturated carbocycles. The van der Waals surface area contributed by atoms with Gasteiger partial charge in [0.15, 0.2) is 0 Å². The van der Waals surface area contributed by atoms with Gasteiger partial charge in [-0.3, -0.25) is 4.79 Å². The van der Waals surface area contributed by atoms with Crippen LogP contribution in [0.5, 0.6) is 0 Å². The highest BCUT2D eigenvalue weighted by molar-refractivity contribution is 5.75. The molecule has 0 bridgehead atoms. The average Bonchev–Trinajstić information content (AvgIpc) is 2.49. The Morgan fingerprint density at radius 1 is 1.33 bits per heavy atom. The van der Waals surface area contributed by atoms with Crippen LogP contribution in [-0.2, 0) is 11.3 Å². The summed E-state index contributed by atoms with van der Waals surface area (Å²) in [5.74, 6) is 0.153. The number of amides is 1. The number of hydrogen-bond donors (Lipinski definition) is 1. The van der Waals surface area contributed by atoms with Crippen molar-refractivity contribution in [2.45, 2.75) is 40.2 Å². The minimum Gasteiger partial charge on any atom is -0.354 e. The van der Waals surface area contributed by atoms with E-state index in [9.17, 15) is 4.79 Å². The maximum absolute atomic E-state index is 11.2. The second kappa shape index (κ2) is 5.59. The Morgan fingerprint density at radius 3 is 2.47 bits per heavy atom. The molecule has 1 amide bonds. The van der Waals surface area contributed by atoms with Crippen molar-refractivity contribution >= 4 is 5.91 Å². The fourth-order valence-electron chi connectivity index (χ4n) is 1.67. The maximum atomic E-state index is 11.2. The van der Waals surface area contributed by atoms with E-state index >= 15 is 0 Å². The minimum atomic E-state index is 0.153. The minimum absolute atomic E-state index is 0.153. The van der Waals surface area contributed by atoms with Gasteiger partial charge in [0.2, 0.25) is 5.91 Å². The highest BCUT2D eigenvalue weighted by Gasteiger charge is 2.01. The van der Waals surface area contributed by atoms with Crippen LogP contribution >= 0.6 is 0 Å². The second-order valence-electron chi connectivity index (χ2n) is 3.87. The summed E-state index contributed by atoms with van der Waals surface area (Å²) in [6.07, 6.45) is 1.54. The Balaban J connectivity index is 2.35. The third kappa shape index (κ3) is 3.42. The summed E-state index contributed by atoms with van der Waals surface area (Å²) >= 11 is 0. The van der Waals surface area contributed by atoms with Gasteiger partial charge in [-0.05, 0) is 32.4 Å². The summed E-state index contributed by atoms with van der Waals surface area (Å²) in [6, 6.07) is 4.20. The third-order valence-electron chi connectivity index (χ3n) is 2.55. The summed E-state index contributed by atoms with van der Waals surface area (Å²) in [4.78, 5) is 11.2. The molecule has 1 aromatic heterocycles. The molecule has 1 rings (SSSR count). The Kier molecular flexibility index (Phi) is 4.40. The van der Waals surface area contributed by atoms with Gasteiger partial charge in [0, 0.05) is 30.9 Å². The van der Waals surface area contributed by atoms with E-state index < -0.39 is 0 Å². The topological polar surface area (TPSA) is 34.0 Å². The van der Waals surface area contributed by atoms with Gasteiger partial charge >= 0.3 is 0 Å². The van der Waals surface area contributed by atoms with Crippen molar-refractivity contribution in [2.75, 3.05) is 6.54 Å². The van der Waals surface area contributed by atoms with E-state index in [1.54, 1.807) is 0 Å². The number of carbonyl (C=O) groups is 1. The number of carbonyl (C=O) groups excluding carboxylic acids is 1. The van der Waals surface area contributed by atoms with E-state index in [1.165, 1.54) is 11.4 Å². The zero-order valence-corrected chi connectivity index (χ0v) is 9.84. The molecule has 0 spiro atoms. The normalized spacial score (nSPS) is 10.3. The average molecular weight is 208 g/mol. The summed E-state index contributed by atoms with van der Waals surface area (Å²) in [7, 11) is 0. The molecule has 1 aromatic rings. The number of aryl methyl sites for hydroxylation is 2. The van der Waals surface area contributed by atoms with Gasteiger partial charge in [0.05, 0.1) is 0 Å². The third-order valence-corrected chi connectivity index (χ3v) is 2.55. The summed E-state index contributed by atoms with van der Waals surface area (Å²) < 4.78 is 2.21. The molecule has 84 valence electrons. The fraction of sp³-hybridized carbons (Fsp3) is 0.583. The Bertz CT molecular complexity index is 309. The van der Waals surface area contributed by atoms with Gasteiger partial charge in [-0.25, -0.2) is 0 Å². The molecule has 0 radical (unpaired) electrons. The lowest BCUT2D eigenvalue weighted by Gasteiger charge is -2.10. The van der Waals surface area contributed by atoms with Crippen LogP contribution in [0.25, 0.3) is 0 Å². The molecule has 0 aliphatic carbocycles. The maximum Gasteiger partial charge on any atom is 0.220 e. The van der Waals surface area contributed by atoms with Gasteiger partial charge in [0.25, 0.3) is 0 Å². The monoisotopic (exact) mass is 208 g/mol. The number of nitrogens with zero attached hydrogens (tertiary/aromatic N) is 1. The standard InChI is InChI=1S/C12H20N2O/c1-4-5-12(15)13-8-9-14-10(2)6-7-11(14)3/h6-7H,4-5,8-9H2,1-3H3,(H,13,15). The van der Waals surface area contributed by atoms with E-state index in [4.69, 9.17) is 0 Å². The first kappa shape index (κ1) is 11.8. The van der Waals surface area contributed by atoms with Crippen molar-refractivity contribution in [3.05, 3.63) is 23.5 Å². The molecule has 0 fully saturated rings. The van der Waals surface area contributed by atoms with Gasteiger partial charge in [-0.15, -0.1) is 0 Å². The van der Waals surface area contributed by atoms with Gasteiger partial charge in [-0.2, -0.15) is 0 Å². The number of aromatic nitrogens is 1. The van der Waals surface area contributed by atoms with E-state index in [0.29, 0.717) is 6.42 Å². The molecule has 0 aliphatic heterocycles. The van der Waals surface area contributed by atoms with Gasteiger partial charge in [0.1, 0.15) is 0 Å². The van der Waals surface area contributed by atoms with Crippen LogP contribution in [0.15, 0.2) is 12.1 Å².